The molecule has 0 radical (unpaired) electrons. The predicted octanol–water partition coefficient (Wildman–Crippen LogP) is 2.36. The standard InChI is InChI=1S/C11H9NO3/c13-9-3-1-2-4-10-5-7-11(8-6-10)12(14)15/h1-9H/b3-1+,4-2-. The van der Waals surface area contributed by atoms with Crippen LogP contribution in [0.25, 0.3) is 6.08 Å². The minimum Gasteiger partial charge on any atom is -0.299 e. The Hall–Kier alpha value is -2.23. The van der Waals surface area contributed by atoms with Gasteiger partial charge in [0, 0.05) is 12.1 Å². The Morgan fingerprint density at radius 3 is 2.27 bits per heavy atom. The van der Waals surface area contributed by atoms with Crippen LogP contribution >= 0.6 is 0 Å². The summed E-state index contributed by atoms with van der Waals surface area (Å²) in [6.07, 6.45) is 7.08. The third-order valence-electron chi connectivity index (χ3n) is 1.69. The smallest absolute Gasteiger partial charge is 0.269 e. The molecule has 0 spiro atoms. The second-order valence-corrected chi connectivity index (χ2v) is 2.73. The average molecular weight is 203 g/mol. The number of allylic oxidation sites excluding steroid dienone is 3. The number of carbonyl (C=O) groups excluding carboxylic acids is 1. The van der Waals surface area contributed by atoms with Gasteiger partial charge in [0.2, 0.25) is 0 Å². The summed E-state index contributed by atoms with van der Waals surface area (Å²) in [5, 5.41) is 10.3. The molecule has 0 unspecified atom stereocenters. The molecule has 0 heterocycles. The van der Waals surface area contributed by atoms with E-state index in [-0.39, 0.29) is 5.69 Å². The SMILES string of the molecule is O=C/C=C/C=C\c1ccc([N+](=O)[O-])cc1. The number of hydrogen-bond donors (Lipinski definition) is 0. The van der Waals surface area contributed by atoms with Crippen molar-refractivity contribution in [3.8, 4) is 0 Å². The Morgan fingerprint density at radius 2 is 1.73 bits per heavy atom. The summed E-state index contributed by atoms with van der Waals surface area (Å²) in [6.45, 7) is 0. The quantitative estimate of drug-likeness (QED) is 0.248. The van der Waals surface area contributed by atoms with Gasteiger partial charge in [-0.3, -0.25) is 14.9 Å². The number of benzene rings is 1. The molecule has 0 aromatic heterocycles. The lowest BCUT2D eigenvalue weighted by Crippen LogP contribution is -1.86. The van der Waals surface area contributed by atoms with Crippen molar-refractivity contribution in [1.29, 1.82) is 0 Å². The van der Waals surface area contributed by atoms with Crippen LogP contribution in [-0.2, 0) is 4.79 Å². The molecule has 0 aliphatic rings. The van der Waals surface area contributed by atoms with Crippen LogP contribution in [0, 0.1) is 10.1 Å². The summed E-state index contributed by atoms with van der Waals surface area (Å²) >= 11 is 0. The van der Waals surface area contributed by atoms with Gasteiger partial charge in [-0.25, -0.2) is 0 Å². The van der Waals surface area contributed by atoms with E-state index in [4.69, 9.17) is 0 Å². The van der Waals surface area contributed by atoms with Gasteiger partial charge in [-0.2, -0.15) is 0 Å². The number of hydrogen-bond acceptors (Lipinski definition) is 3. The van der Waals surface area contributed by atoms with Crippen LogP contribution in [0.4, 0.5) is 5.69 Å². The van der Waals surface area contributed by atoms with Crippen molar-refractivity contribution >= 4 is 18.0 Å². The molecule has 0 saturated heterocycles. The second-order valence-electron chi connectivity index (χ2n) is 2.73. The number of aldehydes is 1. The Labute approximate surface area is 86.7 Å². The summed E-state index contributed by atoms with van der Waals surface area (Å²) < 4.78 is 0. The molecule has 1 rings (SSSR count). The molecule has 0 atom stereocenters. The number of nitro benzene ring substituents is 1. The van der Waals surface area contributed by atoms with Crippen LogP contribution in [0.3, 0.4) is 0 Å². The van der Waals surface area contributed by atoms with E-state index in [2.05, 4.69) is 0 Å². The molecular weight excluding hydrogens is 194 g/mol. The first kappa shape index (κ1) is 10.8. The van der Waals surface area contributed by atoms with Gasteiger partial charge < -0.3 is 0 Å². The molecule has 0 bridgehead atoms. The van der Waals surface area contributed by atoms with Gasteiger partial charge in [0.05, 0.1) is 4.92 Å². The molecule has 0 N–H and O–H groups in total. The van der Waals surface area contributed by atoms with Gasteiger partial charge in [-0.15, -0.1) is 0 Å². The van der Waals surface area contributed by atoms with Crippen molar-refractivity contribution in [2.45, 2.75) is 0 Å². The highest BCUT2D eigenvalue weighted by molar-refractivity contribution is 5.66. The first-order valence-corrected chi connectivity index (χ1v) is 4.27. The zero-order valence-corrected chi connectivity index (χ0v) is 7.87. The van der Waals surface area contributed by atoms with Gasteiger partial charge in [0.15, 0.2) is 0 Å². The molecule has 4 nitrogen and oxygen atoms in total. The first-order valence-electron chi connectivity index (χ1n) is 4.27. The van der Waals surface area contributed by atoms with Crippen LogP contribution < -0.4 is 0 Å². The number of carbonyl (C=O) groups is 1. The first-order chi connectivity index (χ1) is 7.24. The summed E-state index contributed by atoms with van der Waals surface area (Å²) in [5.41, 5.74) is 0.909. The van der Waals surface area contributed by atoms with E-state index < -0.39 is 4.92 Å². The van der Waals surface area contributed by atoms with Crippen molar-refractivity contribution in [3.05, 3.63) is 58.2 Å². The fraction of sp³-hybridized carbons (Fsp3) is 0. The maximum Gasteiger partial charge on any atom is 0.269 e. The summed E-state index contributed by atoms with van der Waals surface area (Å²) in [7, 11) is 0. The minimum absolute atomic E-state index is 0.0654. The monoisotopic (exact) mass is 203 g/mol. The Balaban J connectivity index is 2.72. The molecule has 0 fully saturated rings. The number of non-ortho nitro benzene ring substituents is 1. The number of rotatable bonds is 4. The average Bonchev–Trinajstić information content (AvgIpc) is 2.25. The lowest BCUT2D eigenvalue weighted by Gasteiger charge is -1.92. The van der Waals surface area contributed by atoms with Gasteiger partial charge >= 0.3 is 0 Å². The van der Waals surface area contributed by atoms with Crippen LogP contribution in [0.5, 0.6) is 0 Å². The summed E-state index contributed by atoms with van der Waals surface area (Å²) in [5.74, 6) is 0. The van der Waals surface area contributed by atoms with E-state index in [0.29, 0.717) is 6.29 Å². The van der Waals surface area contributed by atoms with Gasteiger partial charge in [-0.05, 0) is 23.8 Å². The molecule has 0 aliphatic carbocycles. The Bertz CT molecular complexity index is 404. The van der Waals surface area contributed by atoms with E-state index in [1.807, 2.05) is 0 Å². The molecule has 15 heavy (non-hydrogen) atoms. The molecule has 0 amide bonds. The normalized spacial score (nSPS) is 10.9. The molecule has 0 aliphatic heterocycles. The van der Waals surface area contributed by atoms with Crippen molar-refractivity contribution in [2.24, 2.45) is 0 Å². The predicted molar refractivity (Wildman–Crippen MR) is 57.3 cm³/mol. The topological polar surface area (TPSA) is 60.2 Å². The molecule has 1 aromatic rings. The third kappa shape index (κ3) is 3.56. The Kier molecular flexibility index (Phi) is 3.97. The highest BCUT2D eigenvalue weighted by atomic mass is 16.6. The minimum atomic E-state index is -0.445. The van der Waals surface area contributed by atoms with Crippen molar-refractivity contribution < 1.29 is 9.72 Å². The zero-order valence-electron chi connectivity index (χ0n) is 7.87. The van der Waals surface area contributed by atoms with Gasteiger partial charge in [0.25, 0.3) is 5.69 Å². The number of nitro groups is 1. The van der Waals surface area contributed by atoms with E-state index in [0.717, 1.165) is 5.56 Å². The van der Waals surface area contributed by atoms with Crippen LogP contribution in [0.15, 0.2) is 42.5 Å². The van der Waals surface area contributed by atoms with Crippen LogP contribution in [-0.4, -0.2) is 11.2 Å². The molecule has 4 heteroatoms. The zero-order chi connectivity index (χ0) is 11.1. The van der Waals surface area contributed by atoms with Crippen LogP contribution in [0.1, 0.15) is 5.56 Å². The van der Waals surface area contributed by atoms with E-state index in [9.17, 15) is 14.9 Å². The van der Waals surface area contributed by atoms with E-state index >= 15 is 0 Å². The summed E-state index contributed by atoms with van der Waals surface area (Å²) in [6, 6.07) is 6.15. The molecule has 76 valence electrons. The lowest BCUT2D eigenvalue weighted by atomic mass is 10.2. The largest absolute Gasteiger partial charge is 0.299 e. The maximum absolute atomic E-state index is 10.3. The number of nitrogens with zero attached hydrogens (tertiary/aromatic N) is 1. The highest BCUT2D eigenvalue weighted by Gasteiger charge is 2.01. The lowest BCUT2D eigenvalue weighted by molar-refractivity contribution is -0.384. The molecule has 0 saturated carbocycles. The van der Waals surface area contributed by atoms with Crippen molar-refractivity contribution in [2.75, 3.05) is 0 Å². The Morgan fingerprint density at radius 1 is 1.07 bits per heavy atom. The fourth-order valence-electron chi connectivity index (χ4n) is 0.983. The third-order valence-corrected chi connectivity index (χ3v) is 1.69. The fourth-order valence-corrected chi connectivity index (χ4v) is 0.983. The molecular formula is C11H9NO3. The second kappa shape index (κ2) is 5.49. The van der Waals surface area contributed by atoms with E-state index in [1.165, 1.54) is 18.2 Å². The maximum atomic E-state index is 10.3. The molecule has 1 aromatic carbocycles. The van der Waals surface area contributed by atoms with E-state index in [1.54, 1.807) is 30.4 Å². The van der Waals surface area contributed by atoms with Crippen molar-refractivity contribution in [1.82, 2.24) is 0 Å². The summed E-state index contributed by atoms with van der Waals surface area (Å²) in [4.78, 5) is 19.8. The van der Waals surface area contributed by atoms with Crippen LogP contribution in [0.2, 0.25) is 0 Å². The van der Waals surface area contributed by atoms with Crippen molar-refractivity contribution in [3.63, 3.8) is 0 Å². The highest BCUT2D eigenvalue weighted by Crippen LogP contribution is 2.12. The van der Waals surface area contributed by atoms with Gasteiger partial charge in [-0.1, -0.05) is 18.2 Å². The van der Waals surface area contributed by atoms with Gasteiger partial charge in [0.1, 0.15) is 6.29 Å².